The second-order valence-corrected chi connectivity index (χ2v) is 3.38. The SMILES string of the molecule is C=C(C)c1cc(C(=O)O)ccc1NCC. The standard InChI is InChI=1S/C12H15NO2/c1-4-13-11-6-5-9(12(14)15)7-10(11)8(2)3/h5-7,13H,2,4H2,1,3H3,(H,14,15). The van der Waals surface area contributed by atoms with Gasteiger partial charge in [0.05, 0.1) is 5.56 Å². The van der Waals surface area contributed by atoms with Gasteiger partial charge in [0.1, 0.15) is 0 Å². The van der Waals surface area contributed by atoms with Crippen LogP contribution in [0.15, 0.2) is 24.8 Å². The van der Waals surface area contributed by atoms with E-state index in [1.165, 1.54) is 0 Å². The van der Waals surface area contributed by atoms with Crippen LogP contribution in [-0.2, 0) is 0 Å². The smallest absolute Gasteiger partial charge is 0.335 e. The van der Waals surface area contributed by atoms with Gasteiger partial charge in [0.2, 0.25) is 0 Å². The van der Waals surface area contributed by atoms with Gasteiger partial charge in [0.25, 0.3) is 0 Å². The first kappa shape index (κ1) is 11.3. The summed E-state index contributed by atoms with van der Waals surface area (Å²) in [5, 5.41) is 12.0. The van der Waals surface area contributed by atoms with Gasteiger partial charge in [-0.15, -0.1) is 0 Å². The molecule has 0 aliphatic rings. The zero-order valence-electron chi connectivity index (χ0n) is 9.00. The van der Waals surface area contributed by atoms with Gasteiger partial charge in [-0.05, 0) is 37.6 Å². The molecule has 0 spiro atoms. The number of hydrogen-bond donors (Lipinski definition) is 2. The molecule has 0 amide bonds. The van der Waals surface area contributed by atoms with Crippen LogP contribution in [0.2, 0.25) is 0 Å². The summed E-state index contributed by atoms with van der Waals surface area (Å²) in [6.45, 7) is 8.49. The summed E-state index contributed by atoms with van der Waals surface area (Å²) < 4.78 is 0. The van der Waals surface area contributed by atoms with Crippen molar-refractivity contribution in [3.8, 4) is 0 Å². The van der Waals surface area contributed by atoms with Gasteiger partial charge in [0, 0.05) is 17.8 Å². The number of aromatic carboxylic acids is 1. The molecule has 0 fully saturated rings. The maximum absolute atomic E-state index is 10.8. The Hall–Kier alpha value is -1.77. The Morgan fingerprint density at radius 3 is 2.67 bits per heavy atom. The third-order valence-electron chi connectivity index (χ3n) is 2.09. The third-order valence-corrected chi connectivity index (χ3v) is 2.09. The zero-order chi connectivity index (χ0) is 11.4. The van der Waals surface area contributed by atoms with Gasteiger partial charge < -0.3 is 10.4 Å². The van der Waals surface area contributed by atoms with Gasteiger partial charge in [0.15, 0.2) is 0 Å². The fraction of sp³-hybridized carbons (Fsp3) is 0.250. The lowest BCUT2D eigenvalue weighted by Crippen LogP contribution is -2.03. The lowest BCUT2D eigenvalue weighted by Gasteiger charge is -2.11. The minimum atomic E-state index is -0.916. The topological polar surface area (TPSA) is 49.3 Å². The van der Waals surface area contributed by atoms with E-state index in [1.807, 2.05) is 13.8 Å². The first-order chi connectivity index (χ1) is 7.06. The number of carbonyl (C=O) groups is 1. The van der Waals surface area contributed by atoms with Crippen molar-refractivity contribution in [1.82, 2.24) is 0 Å². The summed E-state index contributed by atoms with van der Waals surface area (Å²) in [5.41, 5.74) is 2.93. The summed E-state index contributed by atoms with van der Waals surface area (Å²) in [4.78, 5) is 10.8. The molecule has 0 aromatic heterocycles. The number of carboxylic acids is 1. The Morgan fingerprint density at radius 1 is 1.53 bits per heavy atom. The number of benzene rings is 1. The molecule has 1 aromatic carbocycles. The van der Waals surface area contributed by atoms with Gasteiger partial charge in [-0.25, -0.2) is 4.79 Å². The molecule has 0 radical (unpaired) electrons. The highest BCUT2D eigenvalue weighted by molar-refractivity contribution is 5.90. The fourth-order valence-electron chi connectivity index (χ4n) is 1.37. The predicted octanol–water partition coefficient (Wildman–Crippen LogP) is 2.85. The maximum atomic E-state index is 10.8. The molecule has 3 nitrogen and oxygen atoms in total. The van der Waals surface area contributed by atoms with Crippen LogP contribution in [0.4, 0.5) is 5.69 Å². The molecule has 0 unspecified atom stereocenters. The lowest BCUT2D eigenvalue weighted by atomic mass is 10.0. The van der Waals surface area contributed by atoms with Crippen molar-refractivity contribution < 1.29 is 9.90 Å². The molecule has 15 heavy (non-hydrogen) atoms. The van der Waals surface area contributed by atoms with E-state index in [-0.39, 0.29) is 5.56 Å². The van der Waals surface area contributed by atoms with E-state index in [4.69, 9.17) is 5.11 Å². The highest BCUT2D eigenvalue weighted by Crippen LogP contribution is 2.23. The van der Waals surface area contributed by atoms with Crippen LogP contribution in [0.25, 0.3) is 5.57 Å². The predicted molar refractivity (Wildman–Crippen MR) is 62.3 cm³/mol. The normalized spacial score (nSPS) is 9.73. The quantitative estimate of drug-likeness (QED) is 0.794. The minimum absolute atomic E-state index is 0.287. The van der Waals surface area contributed by atoms with E-state index in [2.05, 4.69) is 11.9 Å². The van der Waals surface area contributed by atoms with E-state index in [0.717, 1.165) is 23.4 Å². The van der Waals surface area contributed by atoms with E-state index in [9.17, 15) is 4.79 Å². The highest BCUT2D eigenvalue weighted by atomic mass is 16.4. The van der Waals surface area contributed by atoms with Crippen LogP contribution in [-0.4, -0.2) is 17.6 Å². The van der Waals surface area contributed by atoms with Gasteiger partial charge in [-0.1, -0.05) is 6.58 Å². The number of carboxylic acid groups (broad SMARTS) is 1. The largest absolute Gasteiger partial charge is 0.478 e. The molecule has 0 saturated heterocycles. The molecule has 0 saturated carbocycles. The van der Waals surface area contributed by atoms with Crippen LogP contribution in [0.1, 0.15) is 29.8 Å². The molecule has 80 valence electrons. The number of anilines is 1. The van der Waals surface area contributed by atoms with Crippen molar-refractivity contribution >= 4 is 17.2 Å². The summed E-state index contributed by atoms with van der Waals surface area (Å²) in [6, 6.07) is 5.01. The van der Waals surface area contributed by atoms with Crippen LogP contribution in [0.5, 0.6) is 0 Å². The molecule has 0 bridgehead atoms. The zero-order valence-corrected chi connectivity index (χ0v) is 9.00. The Balaban J connectivity index is 3.20. The van der Waals surface area contributed by atoms with E-state index >= 15 is 0 Å². The van der Waals surface area contributed by atoms with Crippen LogP contribution in [0, 0.1) is 0 Å². The van der Waals surface area contributed by atoms with E-state index in [1.54, 1.807) is 18.2 Å². The Morgan fingerprint density at radius 2 is 2.20 bits per heavy atom. The lowest BCUT2D eigenvalue weighted by molar-refractivity contribution is 0.0697. The summed E-state index contributed by atoms with van der Waals surface area (Å²) >= 11 is 0. The number of rotatable bonds is 4. The molecular weight excluding hydrogens is 190 g/mol. The van der Waals surface area contributed by atoms with Gasteiger partial charge in [-0.2, -0.15) is 0 Å². The Kier molecular flexibility index (Phi) is 3.50. The van der Waals surface area contributed by atoms with E-state index in [0.29, 0.717) is 0 Å². The summed E-state index contributed by atoms with van der Waals surface area (Å²) in [6.07, 6.45) is 0. The molecule has 2 N–H and O–H groups in total. The van der Waals surface area contributed by atoms with Crippen molar-refractivity contribution in [2.24, 2.45) is 0 Å². The molecule has 3 heteroatoms. The van der Waals surface area contributed by atoms with Crippen LogP contribution in [0.3, 0.4) is 0 Å². The monoisotopic (exact) mass is 205 g/mol. The number of allylic oxidation sites excluding steroid dienone is 1. The van der Waals surface area contributed by atoms with Crippen LogP contribution >= 0.6 is 0 Å². The Labute approximate surface area is 89.4 Å². The second-order valence-electron chi connectivity index (χ2n) is 3.38. The average molecular weight is 205 g/mol. The van der Waals surface area contributed by atoms with Crippen molar-refractivity contribution in [1.29, 1.82) is 0 Å². The first-order valence-electron chi connectivity index (χ1n) is 4.83. The molecule has 0 heterocycles. The molecule has 1 rings (SSSR count). The van der Waals surface area contributed by atoms with E-state index < -0.39 is 5.97 Å². The van der Waals surface area contributed by atoms with Crippen molar-refractivity contribution in [2.45, 2.75) is 13.8 Å². The maximum Gasteiger partial charge on any atom is 0.335 e. The molecule has 1 aromatic rings. The summed E-state index contributed by atoms with van der Waals surface area (Å²) in [5.74, 6) is -0.916. The van der Waals surface area contributed by atoms with Crippen molar-refractivity contribution in [3.05, 3.63) is 35.9 Å². The number of nitrogens with one attached hydrogen (secondary N) is 1. The fourth-order valence-corrected chi connectivity index (χ4v) is 1.37. The Bertz CT molecular complexity index is 397. The second kappa shape index (κ2) is 4.64. The average Bonchev–Trinajstić information content (AvgIpc) is 2.18. The van der Waals surface area contributed by atoms with Crippen LogP contribution < -0.4 is 5.32 Å². The van der Waals surface area contributed by atoms with Crippen molar-refractivity contribution in [2.75, 3.05) is 11.9 Å². The highest BCUT2D eigenvalue weighted by Gasteiger charge is 2.08. The minimum Gasteiger partial charge on any atom is -0.478 e. The third kappa shape index (κ3) is 2.59. The molecule has 0 atom stereocenters. The first-order valence-corrected chi connectivity index (χ1v) is 4.83. The molecule has 0 aliphatic carbocycles. The van der Waals surface area contributed by atoms with Crippen molar-refractivity contribution in [3.63, 3.8) is 0 Å². The van der Waals surface area contributed by atoms with Gasteiger partial charge in [-0.3, -0.25) is 0 Å². The summed E-state index contributed by atoms with van der Waals surface area (Å²) in [7, 11) is 0. The van der Waals surface area contributed by atoms with Gasteiger partial charge >= 0.3 is 5.97 Å². The number of hydrogen-bond acceptors (Lipinski definition) is 2. The molecule has 0 aliphatic heterocycles. The molecular formula is C12H15NO2.